The van der Waals surface area contributed by atoms with Gasteiger partial charge in [0.05, 0.1) is 12.1 Å². The Hall–Kier alpha value is -2.73. The summed E-state index contributed by atoms with van der Waals surface area (Å²) in [6, 6.07) is 11.3. The van der Waals surface area contributed by atoms with Gasteiger partial charge in [-0.05, 0) is 38.3 Å². The number of nitrogens with one attached hydrogen (secondary N) is 1. The molecule has 5 rings (SSSR count). The van der Waals surface area contributed by atoms with E-state index in [-0.39, 0.29) is 24.4 Å². The molecule has 0 spiro atoms. The van der Waals surface area contributed by atoms with Gasteiger partial charge < -0.3 is 19.2 Å². The van der Waals surface area contributed by atoms with E-state index in [0.717, 1.165) is 42.5 Å². The molecule has 1 atom stereocenters. The van der Waals surface area contributed by atoms with Gasteiger partial charge in [-0.1, -0.05) is 49.1 Å². The molecule has 3 heterocycles. The van der Waals surface area contributed by atoms with E-state index in [1.165, 1.54) is 6.42 Å². The van der Waals surface area contributed by atoms with Crippen LogP contribution in [0.25, 0.3) is 11.1 Å². The zero-order valence-electron chi connectivity index (χ0n) is 18.5. The maximum atomic E-state index is 13.7. The van der Waals surface area contributed by atoms with E-state index in [1.807, 2.05) is 48.7 Å². The molecule has 0 saturated heterocycles. The minimum atomic E-state index is -1.06. The molecule has 7 heteroatoms. The Morgan fingerprint density at radius 1 is 1.22 bits per heavy atom. The summed E-state index contributed by atoms with van der Waals surface area (Å²) in [6.45, 7) is 4.37. The number of nitrogens with zero attached hydrogens (tertiary/aromatic N) is 2. The van der Waals surface area contributed by atoms with E-state index in [9.17, 15) is 9.59 Å². The number of rotatable bonds is 4. The number of furan rings is 1. The molecule has 3 aromatic rings. The lowest BCUT2D eigenvalue weighted by molar-refractivity contribution is -0.134. The second kappa shape index (κ2) is 8.00. The number of halogens is 1. The van der Waals surface area contributed by atoms with Crippen molar-refractivity contribution in [3.8, 4) is 0 Å². The summed E-state index contributed by atoms with van der Waals surface area (Å²) in [4.78, 5) is 29.1. The molecule has 2 aromatic heterocycles. The molecule has 1 aliphatic carbocycles. The SMILES string of the molecule is Cc1cc2c(cc3n2C[C@](C)(C(=O)NC2CCCCC2)N(Cc2ccccc2Cl)C3=O)o1. The van der Waals surface area contributed by atoms with Gasteiger partial charge in [0.2, 0.25) is 5.91 Å². The van der Waals surface area contributed by atoms with E-state index in [1.54, 1.807) is 11.0 Å². The highest BCUT2D eigenvalue weighted by molar-refractivity contribution is 6.31. The van der Waals surface area contributed by atoms with Crippen molar-refractivity contribution >= 4 is 34.5 Å². The fraction of sp³-hybridized carbons (Fsp3) is 0.440. The first-order valence-electron chi connectivity index (χ1n) is 11.3. The lowest BCUT2D eigenvalue weighted by atomic mass is 9.91. The number of aromatic nitrogens is 1. The highest BCUT2D eigenvalue weighted by Gasteiger charge is 2.48. The summed E-state index contributed by atoms with van der Waals surface area (Å²) in [5.41, 5.74) is 1.81. The Balaban J connectivity index is 1.55. The largest absolute Gasteiger partial charge is 0.460 e. The van der Waals surface area contributed by atoms with E-state index in [0.29, 0.717) is 22.8 Å². The minimum Gasteiger partial charge on any atom is -0.460 e. The topological polar surface area (TPSA) is 67.5 Å². The van der Waals surface area contributed by atoms with Crippen molar-refractivity contribution < 1.29 is 14.0 Å². The van der Waals surface area contributed by atoms with Gasteiger partial charge >= 0.3 is 0 Å². The number of carbonyl (C=O) groups excluding carboxylic acids is 2. The van der Waals surface area contributed by atoms with Crippen molar-refractivity contribution in [2.45, 2.75) is 70.6 Å². The van der Waals surface area contributed by atoms with Crippen LogP contribution >= 0.6 is 11.6 Å². The molecule has 1 aromatic carbocycles. The Bertz CT molecular complexity index is 1190. The molecule has 2 aliphatic rings. The normalized spacial score (nSPS) is 21.7. The summed E-state index contributed by atoms with van der Waals surface area (Å²) in [5, 5.41) is 3.84. The van der Waals surface area contributed by atoms with Crippen LogP contribution in [0.4, 0.5) is 0 Å². The first kappa shape index (κ1) is 21.1. The molecule has 1 N–H and O–H groups in total. The number of aryl methyl sites for hydroxylation is 1. The minimum absolute atomic E-state index is 0.113. The van der Waals surface area contributed by atoms with Crippen molar-refractivity contribution in [1.82, 2.24) is 14.8 Å². The molecular weight excluding hydrogens is 426 g/mol. The Labute approximate surface area is 192 Å². The van der Waals surface area contributed by atoms with Crippen LogP contribution in [0, 0.1) is 6.92 Å². The molecule has 0 bridgehead atoms. The number of amides is 2. The van der Waals surface area contributed by atoms with Crippen LogP contribution in [0.15, 0.2) is 40.8 Å². The highest BCUT2D eigenvalue weighted by Crippen LogP contribution is 2.35. The van der Waals surface area contributed by atoms with Crippen molar-refractivity contribution in [3.05, 3.63) is 58.4 Å². The van der Waals surface area contributed by atoms with Crippen LogP contribution in [0.2, 0.25) is 5.02 Å². The molecular formula is C25H28ClN3O3. The van der Waals surface area contributed by atoms with Gasteiger partial charge in [0.15, 0.2) is 5.58 Å². The maximum Gasteiger partial charge on any atom is 0.271 e. The van der Waals surface area contributed by atoms with Gasteiger partial charge in [0.25, 0.3) is 5.91 Å². The number of fused-ring (bicyclic) bond motifs is 3. The zero-order valence-corrected chi connectivity index (χ0v) is 19.2. The average molecular weight is 454 g/mol. The third kappa shape index (κ3) is 3.51. The monoisotopic (exact) mass is 453 g/mol. The third-order valence-corrected chi connectivity index (χ3v) is 7.32. The molecule has 1 aliphatic heterocycles. The Kier molecular flexibility index (Phi) is 5.28. The van der Waals surface area contributed by atoms with Gasteiger partial charge in [-0.3, -0.25) is 9.59 Å². The molecule has 1 fully saturated rings. The number of carbonyl (C=O) groups is 2. The van der Waals surface area contributed by atoms with Crippen molar-refractivity contribution in [1.29, 1.82) is 0 Å². The third-order valence-electron chi connectivity index (χ3n) is 6.95. The maximum absolute atomic E-state index is 13.7. The summed E-state index contributed by atoms with van der Waals surface area (Å²) in [6.07, 6.45) is 5.44. The first-order chi connectivity index (χ1) is 15.4. The number of hydrogen-bond donors (Lipinski definition) is 1. The predicted molar refractivity (Wildman–Crippen MR) is 124 cm³/mol. The fourth-order valence-corrected chi connectivity index (χ4v) is 5.29. The molecule has 32 heavy (non-hydrogen) atoms. The summed E-state index contributed by atoms with van der Waals surface area (Å²) >= 11 is 6.43. The lowest BCUT2D eigenvalue weighted by Gasteiger charge is -2.45. The van der Waals surface area contributed by atoms with Crippen LogP contribution in [0.3, 0.4) is 0 Å². The number of benzene rings is 1. The second-order valence-electron chi connectivity index (χ2n) is 9.29. The summed E-state index contributed by atoms with van der Waals surface area (Å²) in [5.74, 6) is 0.476. The Morgan fingerprint density at radius 3 is 2.72 bits per heavy atom. The predicted octanol–water partition coefficient (Wildman–Crippen LogP) is 5.06. The summed E-state index contributed by atoms with van der Waals surface area (Å²) < 4.78 is 7.71. The van der Waals surface area contributed by atoms with E-state index >= 15 is 0 Å². The molecule has 0 radical (unpaired) electrons. The van der Waals surface area contributed by atoms with Gasteiger partial charge in [-0.2, -0.15) is 0 Å². The second-order valence-corrected chi connectivity index (χ2v) is 9.69. The number of hydrogen-bond acceptors (Lipinski definition) is 3. The van der Waals surface area contributed by atoms with E-state index in [2.05, 4.69) is 5.32 Å². The smallest absolute Gasteiger partial charge is 0.271 e. The lowest BCUT2D eigenvalue weighted by Crippen LogP contribution is -2.64. The quantitative estimate of drug-likeness (QED) is 0.600. The van der Waals surface area contributed by atoms with Crippen molar-refractivity contribution in [3.63, 3.8) is 0 Å². The zero-order chi connectivity index (χ0) is 22.5. The fourth-order valence-electron chi connectivity index (χ4n) is 5.09. The highest BCUT2D eigenvalue weighted by atomic mass is 35.5. The molecule has 168 valence electrons. The van der Waals surface area contributed by atoms with Crippen molar-refractivity contribution in [2.24, 2.45) is 0 Å². The standard InChI is InChI=1S/C25H28ClN3O3/c1-16-12-20-22(32-16)13-21-23(30)29(14-17-8-6-7-11-19(17)26)25(2,15-28(20)21)24(31)27-18-9-4-3-5-10-18/h6-8,11-13,18H,3-5,9-10,14-15H2,1-2H3,(H,27,31)/t25-/m1/s1. The van der Waals surface area contributed by atoms with Crippen LogP contribution in [-0.2, 0) is 17.9 Å². The van der Waals surface area contributed by atoms with Gasteiger partial charge in [0, 0.05) is 29.7 Å². The van der Waals surface area contributed by atoms with Crippen LogP contribution in [-0.4, -0.2) is 32.9 Å². The van der Waals surface area contributed by atoms with E-state index in [4.69, 9.17) is 16.0 Å². The van der Waals surface area contributed by atoms with Crippen LogP contribution in [0.5, 0.6) is 0 Å². The van der Waals surface area contributed by atoms with Gasteiger partial charge in [-0.25, -0.2) is 0 Å². The van der Waals surface area contributed by atoms with Crippen molar-refractivity contribution in [2.75, 3.05) is 0 Å². The van der Waals surface area contributed by atoms with E-state index < -0.39 is 5.54 Å². The first-order valence-corrected chi connectivity index (χ1v) is 11.7. The summed E-state index contributed by atoms with van der Waals surface area (Å²) in [7, 11) is 0. The molecule has 2 amide bonds. The van der Waals surface area contributed by atoms with Gasteiger partial charge in [0.1, 0.15) is 17.0 Å². The molecule has 1 saturated carbocycles. The van der Waals surface area contributed by atoms with Gasteiger partial charge in [-0.15, -0.1) is 0 Å². The van der Waals surface area contributed by atoms with Crippen LogP contribution < -0.4 is 5.32 Å². The average Bonchev–Trinajstić information content (AvgIpc) is 3.30. The molecule has 6 nitrogen and oxygen atoms in total. The van der Waals surface area contributed by atoms with Crippen LogP contribution in [0.1, 0.15) is 60.8 Å². The Morgan fingerprint density at radius 2 is 1.97 bits per heavy atom. The molecule has 0 unspecified atom stereocenters.